The monoisotopic (exact) mass is 183 g/mol. The molecule has 1 N–H and O–H groups in total. The lowest BCUT2D eigenvalue weighted by molar-refractivity contribution is 0.0690. The maximum absolute atomic E-state index is 13.0. The molecule has 0 radical (unpaired) electrons. The predicted octanol–water partition coefficient (Wildman–Crippen LogP) is 2.04. The SMILES string of the molecule is CC(C)c1nc(C(=O)O)ccc1F. The summed E-state index contributed by atoms with van der Waals surface area (Å²) >= 11 is 0. The molecular formula is C9H10FNO2. The van der Waals surface area contributed by atoms with E-state index in [1.54, 1.807) is 13.8 Å². The van der Waals surface area contributed by atoms with Gasteiger partial charge in [0.15, 0.2) is 0 Å². The third-order valence-electron chi connectivity index (χ3n) is 1.64. The van der Waals surface area contributed by atoms with Crippen molar-refractivity contribution >= 4 is 5.97 Å². The van der Waals surface area contributed by atoms with E-state index in [1.165, 1.54) is 0 Å². The Hall–Kier alpha value is -1.45. The van der Waals surface area contributed by atoms with Crippen molar-refractivity contribution in [1.82, 2.24) is 4.98 Å². The molecule has 1 rings (SSSR count). The summed E-state index contributed by atoms with van der Waals surface area (Å²) < 4.78 is 13.0. The molecule has 0 aliphatic rings. The molecular weight excluding hydrogens is 173 g/mol. The molecule has 4 heteroatoms. The molecule has 0 saturated heterocycles. The number of rotatable bonds is 2. The summed E-state index contributed by atoms with van der Waals surface area (Å²) in [5.41, 5.74) is 0.0741. The van der Waals surface area contributed by atoms with E-state index in [0.717, 1.165) is 12.1 Å². The summed E-state index contributed by atoms with van der Waals surface area (Å²) in [5.74, 6) is -1.71. The predicted molar refractivity (Wildman–Crippen MR) is 45.2 cm³/mol. The second kappa shape index (κ2) is 3.51. The van der Waals surface area contributed by atoms with E-state index in [4.69, 9.17) is 5.11 Å². The summed E-state index contributed by atoms with van der Waals surface area (Å²) in [6.07, 6.45) is 0. The van der Waals surface area contributed by atoms with Crippen LogP contribution in [0.25, 0.3) is 0 Å². The number of aromatic nitrogens is 1. The summed E-state index contributed by atoms with van der Waals surface area (Å²) in [6, 6.07) is 2.29. The zero-order valence-electron chi connectivity index (χ0n) is 7.41. The first kappa shape index (κ1) is 9.64. The largest absolute Gasteiger partial charge is 0.477 e. The number of carboxylic acids is 1. The van der Waals surface area contributed by atoms with Crippen LogP contribution in [0.15, 0.2) is 12.1 Å². The molecule has 1 aromatic heterocycles. The van der Waals surface area contributed by atoms with Crippen molar-refractivity contribution in [1.29, 1.82) is 0 Å². The van der Waals surface area contributed by atoms with Crippen molar-refractivity contribution < 1.29 is 14.3 Å². The Bertz CT molecular complexity index is 336. The van der Waals surface area contributed by atoms with Crippen LogP contribution in [0.5, 0.6) is 0 Å². The molecule has 1 aromatic rings. The molecule has 3 nitrogen and oxygen atoms in total. The maximum Gasteiger partial charge on any atom is 0.354 e. The number of carbonyl (C=O) groups is 1. The Kier molecular flexibility index (Phi) is 2.60. The minimum absolute atomic E-state index is 0.112. The fraction of sp³-hybridized carbons (Fsp3) is 0.333. The van der Waals surface area contributed by atoms with Crippen LogP contribution in [-0.2, 0) is 0 Å². The maximum atomic E-state index is 13.0. The number of hydrogen-bond acceptors (Lipinski definition) is 2. The van der Waals surface area contributed by atoms with Crippen LogP contribution in [0.4, 0.5) is 4.39 Å². The molecule has 70 valence electrons. The van der Waals surface area contributed by atoms with Crippen LogP contribution in [0.2, 0.25) is 0 Å². The van der Waals surface area contributed by atoms with Gasteiger partial charge in [0.2, 0.25) is 0 Å². The molecule has 0 fully saturated rings. The minimum Gasteiger partial charge on any atom is -0.477 e. The normalized spacial score (nSPS) is 10.5. The summed E-state index contributed by atoms with van der Waals surface area (Å²) in [5, 5.41) is 8.60. The topological polar surface area (TPSA) is 50.2 Å². The van der Waals surface area contributed by atoms with Gasteiger partial charge in [0.25, 0.3) is 0 Å². The molecule has 0 spiro atoms. The third-order valence-corrected chi connectivity index (χ3v) is 1.64. The molecule has 0 aliphatic carbocycles. The molecule has 0 aliphatic heterocycles. The quantitative estimate of drug-likeness (QED) is 0.763. The van der Waals surface area contributed by atoms with Crippen LogP contribution >= 0.6 is 0 Å². The number of carboxylic acid groups (broad SMARTS) is 1. The molecule has 13 heavy (non-hydrogen) atoms. The van der Waals surface area contributed by atoms with Crippen molar-refractivity contribution in [2.24, 2.45) is 0 Å². The van der Waals surface area contributed by atoms with Gasteiger partial charge in [-0.2, -0.15) is 0 Å². The highest BCUT2D eigenvalue weighted by molar-refractivity contribution is 5.85. The van der Waals surface area contributed by atoms with Gasteiger partial charge in [-0.25, -0.2) is 14.2 Å². The van der Waals surface area contributed by atoms with E-state index in [9.17, 15) is 9.18 Å². The van der Waals surface area contributed by atoms with Crippen LogP contribution in [0.1, 0.15) is 35.9 Å². The molecule has 0 aromatic carbocycles. The van der Waals surface area contributed by atoms with Crippen LogP contribution in [0, 0.1) is 5.82 Å². The number of hydrogen-bond donors (Lipinski definition) is 1. The lowest BCUT2D eigenvalue weighted by Gasteiger charge is -2.05. The number of aromatic carboxylic acids is 1. The molecule has 1 heterocycles. The standard InChI is InChI=1S/C9H10FNO2/c1-5(2)8-6(10)3-4-7(11-8)9(12)13/h3-5H,1-2H3,(H,12,13). The zero-order valence-corrected chi connectivity index (χ0v) is 7.41. The summed E-state index contributed by atoms with van der Waals surface area (Å²) in [6.45, 7) is 3.52. The Balaban J connectivity index is 3.19. The van der Waals surface area contributed by atoms with Crippen molar-refractivity contribution in [3.05, 3.63) is 29.3 Å². The van der Waals surface area contributed by atoms with E-state index in [-0.39, 0.29) is 17.3 Å². The van der Waals surface area contributed by atoms with Crippen LogP contribution < -0.4 is 0 Å². The minimum atomic E-state index is -1.14. The van der Waals surface area contributed by atoms with E-state index in [0.29, 0.717) is 0 Å². The Morgan fingerprint density at radius 3 is 2.62 bits per heavy atom. The Morgan fingerprint density at radius 2 is 2.15 bits per heavy atom. The molecule has 0 bridgehead atoms. The first-order valence-corrected chi connectivity index (χ1v) is 3.92. The molecule has 0 unspecified atom stereocenters. The first-order chi connectivity index (χ1) is 6.02. The number of nitrogens with zero attached hydrogens (tertiary/aromatic N) is 1. The average Bonchev–Trinajstić information content (AvgIpc) is 2.04. The summed E-state index contributed by atoms with van der Waals surface area (Å²) in [7, 11) is 0. The van der Waals surface area contributed by atoms with Gasteiger partial charge in [0, 0.05) is 0 Å². The second-order valence-electron chi connectivity index (χ2n) is 3.02. The highest BCUT2D eigenvalue weighted by atomic mass is 19.1. The van der Waals surface area contributed by atoms with Gasteiger partial charge in [-0.05, 0) is 18.1 Å². The van der Waals surface area contributed by atoms with Crippen molar-refractivity contribution in [3.63, 3.8) is 0 Å². The van der Waals surface area contributed by atoms with E-state index < -0.39 is 11.8 Å². The van der Waals surface area contributed by atoms with Gasteiger partial charge in [0.1, 0.15) is 11.5 Å². The fourth-order valence-corrected chi connectivity index (χ4v) is 0.982. The lowest BCUT2D eigenvalue weighted by Crippen LogP contribution is -2.05. The highest BCUT2D eigenvalue weighted by Crippen LogP contribution is 2.15. The van der Waals surface area contributed by atoms with Gasteiger partial charge in [-0.3, -0.25) is 0 Å². The van der Waals surface area contributed by atoms with E-state index in [1.807, 2.05) is 0 Å². The van der Waals surface area contributed by atoms with Crippen LogP contribution in [0.3, 0.4) is 0 Å². The first-order valence-electron chi connectivity index (χ1n) is 3.92. The van der Waals surface area contributed by atoms with Crippen molar-refractivity contribution in [3.8, 4) is 0 Å². The third kappa shape index (κ3) is 2.02. The second-order valence-corrected chi connectivity index (χ2v) is 3.02. The Labute approximate surface area is 75.2 Å². The Morgan fingerprint density at radius 1 is 1.54 bits per heavy atom. The fourth-order valence-electron chi connectivity index (χ4n) is 0.982. The zero-order chi connectivity index (χ0) is 10.0. The van der Waals surface area contributed by atoms with Gasteiger partial charge >= 0.3 is 5.97 Å². The van der Waals surface area contributed by atoms with Crippen molar-refractivity contribution in [2.45, 2.75) is 19.8 Å². The molecule has 0 saturated carbocycles. The molecule has 0 amide bonds. The smallest absolute Gasteiger partial charge is 0.354 e. The lowest BCUT2D eigenvalue weighted by atomic mass is 10.1. The van der Waals surface area contributed by atoms with E-state index >= 15 is 0 Å². The van der Waals surface area contributed by atoms with Crippen molar-refractivity contribution in [2.75, 3.05) is 0 Å². The average molecular weight is 183 g/mol. The van der Waals surface area contributed by atoms with Gasteiger partial charge in [0.05, 0.1) is 5.69 Å². The number of halogens is 1. The summed E-state index contributed by atoms with van der Waals surface area (Å²) in [4.78, 5) is 14.2. The van der Waals surface area contributed by atoms with Crippen LogP contribution in [-0.4, -0.2) is 16.1 Å². The van der Waals surface area contributed by atoms with Gasteiger partial charge < -0.3 is 5.11 Å². The van der Waals surface area contributed by atoms with E-state index in [2.05, 4.69) is 4.98 Å². The van der Waals surface area contributed by atoms with Gasteiger partial charge in [-0.15, -0.1) is 0 Å². The molecule has 0 atom stereocenters. The highest BCUT2D eigenvalue weighted by Gasteiger charge is 2.12. The number of pyridine rings is 1. The van der Waals surface area contributed by atoms with Gasteiger partial charge in [-0.1, -0.05) is 13.8 Å².